The minimum Gasteiger partial charge on any atom is -0.382 e. The minimum atomic E-state index is -0.398. The minimum absolute atomic E-state index is 0.0553. The molecule has 186 valence electrons. The van der Waals surface area contributed by atoms with Crippen molar-refractivity contribution in [1.29, 1.82) is 5.26 Å². The molecule has 0 spiro atoms. The van der Waals surface area contributed by atoms with Crippen molar-refractivity contribution < 1.29 is 4.79 Å². The van der Waals surface area contributed by atoms with Crippen molar-refractivity contribution in [2.45, 2.75) is 44.8 Å². The van der Waals surface area contributed by atoms with Gasteiger partial charge in [0.2, 0.25) is 0 Å². The van der Waals surface area contributed by atoms with Crippen LogP contribution in [-0.2, 0) is 6.54 Å². The molecule has 1 aromatic heterocycles. The van der Waals surface area contributed by atoms with E-state index in [0.29, 0.717) is 23.5 Å². The number of likely N-dealkylation sites (tertiary alicyclic amines) is 1. The Bertz CT molecular complexity index is 1080. The third-order valence-electron chi connectivity index (χ3n) is 7.12. The Kier molecular flexibility index (Phi) is 8.06. The molecule has 0 radical (unpaired) electrons. The fourth-order valence-electron chi connectivity index (χ4n) is 5.16. The number of benzene rings is 1. The van der Waals surface area contributed by atoms with Gasteiger partial charge < -0.3 is 16.0 Å². The van der Waals surface area contributed by atoms with E-state index in [1.165, 1.54) is 12.6 Å². The summed E-state index contributed by atoms with van der Waals surface area (Å²) < 4.78 is 0. The molecule has 0 bridgehead atoms. The number of nitrogens with two attached hydrogens (primary N) is 1. The Morgan fingerprint density at radius 1 is 1.20 bits per heavy atom. The van der Waals surface area contributed by atoms with E-state index < -0.39 is 5.91 Å². The summed E-state index contributed by atoms with van der Waals surface area (Å²) >= 11 is 6.43. The summed E-state index contributed by atoms with van der Waals surface area (Å²) in [5, 5.41) is 11.7. The van der Waals surface area contributed by atoms with E-state index in [1.54, 1.807) is 0 Å². The van der Waals surface area contributed by atoms with Crippen LogP contribution in [0.3, 0.4) is 0 Å². The predicted molar refractivity (Wildman–Crippen MR) is 137 cm³/mol. The molecule has 1 unspecified atom stereocenters. The van der Waals surface area contributed by atoms with Crippen molar-refractivity contribution in [1.82, 2.24) is 25.1 Å². The van der Waals surface area contributed by atoms with Crippen LogP contribution < -0.4 is 16.0 Å². The van der Waals surface area contributed by atoms with Gasteiger partial charge in [-0.25, -0.2) is 9.97 Å². The fraction of sp³-hybridized carbons (Fsp3) is 0.520. The molecule has 3 N–H and O–H groups in total. The molecule has 10 heteroatoms. The predicted octanol–water partition coefficient (Wildman–Crippen LogP) is 2.51. The zero-order chi connectivity index (χ0) is 24.9. The molecule has 1 aromatic carbocycles. The lowest BCUT2D eigenvalue weighted by atomic mass is 9.97. The summed E-state index contributed by atoms with van der Waals surface area (Å²) in [5.41, 5.74) is 8.03. The Hall–Kier alpha value is -2.93. The number of piperidine rings is 1. The lowest BCUT2D eigenvalue weighted by Crippen LogP contribution is -2.58. The monoisotopic (exact) mass is 496 g/mol. The van der Waals surface area contributed by atoms with E-state index in [2.05, 4.69) is 55.1 Å². The first-order chi connectivity index (χ1) is 16.9. The number of rotatable bonds is 6. The van der Waals surface area contributed by atoms with Crippen LogP contribution in [0.4, 0.5) is 11.6 Å². The quantitative estimate of drug-likeness (QED) is 0.627. The Balaban J connectivity index is 1.36. The third kappa shape index (κ3) is 5.67. The number of piperazine rings is 1. The second-order valence-electron chi connectivity index (χ2n) is 9.21. The van der Waals surface area contributed by atoms with Crippen molar-refractivity contribution in [2.75, 3.05) is 50.4 Å². The third-order valence-corrected chi connectivity index (χ3v) is 7.37. The number of halogens is 1. The number of aromatic nitrogens is 2. The molecule has 35 heavy (non-hydrogen) atoms. The zero-order valence-corrected chi connectivity index (χ0v) is 21.1. The SMILES string of the molecule is CCC1CN(c2nc(N)c(C(=O)NC)nc2Cl)CCN1C1CCN(Cc2ccc(C#N)cc2)CC1. The van der Waals surface area contributed by atoms with Crippen molar-refractivity contribution in [2.24, 2.45) is 0 Å². The van der Waals surface area contributed by atoms with Crippen molar-refractivity contribution in [3.05, 3.63) is 46.2 Å². The average Bonchev–Trinajstić information content (AvgIpc) is 2.90. The summed E-state index contributed by atoms with van der Waals surface area (Å²) in [6.07, 6.45) is 3.31. The maximum absolute atomic E-state index is 12.0. The van der Waals surface area contributed by atoms with Crippen LogP contribution >= 0.6 is 11.6 Å². The van der Waals surface area contributed by atoms with Gasteiger partial charge in [0, 0.05) is 45.3 Å². The maximum atomic E-state index is 12.0. The average molecular weight is 497 g/mol. The van der Waals surface area contributed by atoms with Crippen LogP contribution in [0, 0.1) is 11.3 Å². The van der Waals surface area contributed by atoms with Gasteiger partial charge in [0.05, 0.1) is 11.6 Å². The van der Waals surface area contributed by atoms with Gasteiger partial charge in [-0.3, -0.25) is 14.6 Å². The molecular weight excluding hydrogens is 464 g/mol. The molecule has 2 fully saturated rings. The number of hydrogen-bond donors (Lipinski definition) is 2. The standard InChI is InChI=1S/C25H33ClN8O/c1-3-19-16-33(24-22(26)30-21(23(28)31-24)25(35)29-2)12-13-34(19)20-8-10-32(11-9-20)15-18-6-4-17(14-27)5-7-18/h4-7,19-20H,3,8-13,15-16H2,1-2H3,(H2,28,31)(H,29,35). The van der Waals surface area contributed by atoms with E-state index in [9.17, 15) is 4.79 Å². The fourth-order valence-corrected chi connectivity index (χ4v) is 5.41. The summed E-state index contributed by atoms with van der Waals surface area (Å²) in [6, 6.07) is 11.0. The highest BCUT2D eigenvalue weighted by Gasteiger charge is 2.34. The first kappa shape index (κ1) is 25.2. The molecule has 2 saturated heterocycles. The number of nitrogen functional groups attached to an aromatic ring is 1. The molecule has 0 saturated carbocycles. The normalized spacial score (nSPS) is 19.9. The summed E-state index contributed by atoms with van der Waals surface area (Å²) in [5.74, 6) is 0.242. The van der Waals surface area contributed by atoms with Crippen LogP contribution in [0.25, 0.3) is 0 Å². The van der Waals surface area contributed by atoms with E-state index in [-0.39, 0.29) is 16.7 Å². The number of amides is 1. The number of nitrogens with zero attached hydrogens (tertiary/aromatic N) is 6. The highest BCUT2D eigenvalue weighted by molar-refractivity contribution is 6.32. The van der Waals surface area contributed by atoms with Gasteiger partial charge in [0.1, 0.15) is 0 Å². The number of carbonyl (C=O) groups excluding carboxylic acids is 1. The lowest BCUT2D eigenvalue weighted by Gasteiger charge is -2.47. The van der Waals surface area contributed by atoms with Crippen molar-refractivity contribution in [3.63, 3.8) is 0 Å². The molecular formula is C25H33ClN8O. The molecule has 2 aliphatic rings. The summed E-state index contributed by atoms with van der Waals surface area (Å²) in [7, 11) is 1.52. The number of nitriles is 1. The van der Waals surface area contributed by atoms with E-state index in [4.69, 9.17) is 22.6 Å². The molecule has 2 aliphatic heterocycles. The van der Waals surface area contributed by atoms with Gasteiger partial charge in [0.25, 0.3) is 5.91 Å². The summed E-state index contributed by atoms with van der Waals surface area (Å²) in [4.78, 5) is 27.9. The molecule has 2 aromatic rings. The highest BCUT2D eigenvalue weighted by Crippen LogP contribution is 2.30. The molecule has 9 nitrogen and oxygen atoms in total. The smallest absolute Gasteiger partial charge is 0.273 e. The van der Waals surface area contributed by atoms with Crippen LogP contribution in [0.15, 0.2) is 24.3 Å². The van der Waals surface area contributed by atoms with Gasteiger partial charge in [-0.2, -0.15) is 5.26 Å². The highest BCUT2D eigenvalue weighted by atomic mass is 35.5. The number of anilines is 2. The van der Waals surface area contributed by atoms with Crippen molar-refractivity contribution in [3.8, 4) is 6.07 Å². The van der Waals surface area contributed by atoms with Crippen LogP contribution in [0.1, 0.15) is 47.8 Å². The molecule has 4 rings (SSSR count). The maximum Gasteiger partial charge on any atom is 0.273 e. The van der Waals surface area contributed by atoms with Crippen LogP contribution in [0.2, 0.25) is 5.15 Å². The first-order valence-corrected chi connectivity index (χ1v) is 12.6. The second kappa shape index (κ2) is 11.2. The van der Waals surface area contributed by atoms with Gasteiger partial charge in [-0.05, 0) is 50.0 Å². The Labute approximate surface area is 211 Å². The summed E-state index contributed by atoms with van der Waals surface area (Å²) in [6.45, 7) is 7.79. The number of carbonyl (C=O) groups is 1. The molecule has 0 aliphatic carbocycles. The largest absolute Gasteiger partial charge is 0.382 e. The number of nitrogens with one attached hydrogen (secondary N) is 1. The van der Waals surface area contributed by atoms with Crippen LogP contribution in [-0.4, -0.2) is 77.5 Å². The van der Waals surface area contributed by atoms with E-state index in [0.717, 1.165) is 58.5 Å². The first-order valence-electron chi connectivity index (χ1n) is 12.2. The Morgan fingerprint density at radius 2 is 1.91 bits per heavy atom. The molecule has 3 heterocycles. The molecule has 1 amide bonds. The van der Waals surface area contributed by atoms with E-state index >= 15 is 0 Å². The van der Waals surface area contributed by atoms with Gasteiger partial charge in [0.15, 0.2) is 22.5 Å². The van der Waals surface area contributed by atoms with Gasteiger partial charge in [-0.1, -0.05) is 30.7 Å². The zero-order valence-electron chi connectivity index (χ0n) is 20.4. The van der Waals surface area contributed by atoms with Crippen molar-refractivity contribution >= 4 is 29.1 Å². The second-order valence-corrected chi connectivity index (χ2v) is 9.57. The van der Waals surface area contributed by atoms with E-state index in [1.807, 2.05) is 12.1 Å². The van der Waals surface area contributed by atoms with Crippen LogP contribution in [0.5, 0.6) is 0 Å². The Morgan fingerprint density at radius 3 is 2.54 bits per heavy atom. The lowest BCUT2D eigenvalue weighted by molar-refractivity contribution is 0.0610. The van der Waals surface area contributed by atoms with Gasteiger partial charge in [-0.15, -0.1) is 0 Å². The topological polar surface area (TPSA) is 114 Å². The number of hydrogen-bond acceptors (Lipinski definition) is 8. The van der Waals surface area contributed by atoms with Gasteiger partial charge >= 0.3 is 0 Å². The molecule has 1 atom stereocenters.